The number of carbonyl (C=O) groups is 1. The molecule has 110 valence electrons. The molecule has 3 nitrogen and oxygen atoms in total. The predicted molar refractivity (Wildman–Crippen MR) is 89.2 cm³/mol. The van der Waals surface area contributed by atoms with Gasteiger partial charge in [-0.05, 0) is 54.8 Å². The molecule has 0 saturated carbocycles. The van der Waals surface area contributed by atoms with Crippen LogP contribution in [-0.4, -0.2) is 13.0 Å². The zero-order valence-corrected chi connectivity index (χ0v) is 14.0. The van der Waals surface area contributed by atoms with Crippen LogP contribution in [0.15, 0.2) is 40.9 Å². The fourth-order valence-corrected chi connectivity index (χ4v) is 2.84. The average Bonchev–Trinajstić information content (AvgIpc) is 2.49. The van der Waals surface area contributed by atoms with Crippen molar-refractivity contribution in [1.29, 1.82) is 0 Å². The van der Waals surface area contributed by atoms with Crippen molar-refractivity contribution in [1.82, 2.24) is 0 Å². The Morgan fingerprint density at radius 1 is 1.29 bits per heavy atom. The van der Waals surface area contributed by atoms with E-state index in [1.807, 2.05) is 31.2 Å². The van der Waals surface area contributed by atoms with Crippen LogP contribution < -0.4 is 10.1 Å². The average molecular weight is 348 g/mol. The first-order valence-electron chi connectivity index (χ1n) is 6.79. The van der Waals surface area contributed by atoms with Crippen molar-refractivity contribution < 1.29 is 9.53 Å². The van der Waals surface area contributed by atoms with Gasteiger partial charge in [-0.2, -0.15) is 0 Å². The van der Waals surface area contributed by atoms with Gasteiger partial charge in [0.25, 0.3) is 5.91 Å². The number of amides is 1. The smallest absolute Gasteiger partial charge is 0.255 e. The molecular weight excluding hydrogens is 330 g/mol. The molecule has 0 fully saturated rings. The lowest BCUT2D eigenvalue weighted by Gasteiger charge is -2.14. The molecule has 0 heterocycles. The topological polar surface area (TPSA) is 38.3 Å². The van der Waals surface area contributed by atoms with Crippen molar-refractivity contribution >= 4 is 27.5 Å². The molecule has 0 spiro atoms. The monoisotopic (exact) mass is 347 g/mol. The van der Waals surface area contributed by atoms with Gasteiger partial charge in [0, 0.05) is 15.7 Å². The van der Waals surface area contributed by atoms with E-state index in [1.54, 1.807) is 19.2 Å². The predicted octanol–water partition coefficient (Wildman–Crippen LogP) is 4.58. The number of aryl methyl sites for hydroxylation is 2. The molecule has 1 amide bonds. The summed E-state index contributed by atoms with van der Waals surface area (Å²) < 4.78 is 6.18. The van der Waals surface area contributed by atoms with E-state index in [1.165, 1.54) is 0 Å². The zero-order chi connectivity index (χ0) is 15.4. The minimum absolute atomic E-state index is 0.131. The molecule has 0 unspecified atom stereocenters. The second kappa shape index (κ2) is 6.76. The number of benzene rings is 2. The van der Waals surface area contributed by atoms with Crippen LogP contribution in [0.2, 0.25) is 0 Å². The minimum Gasteiger partial charge on any atom is -0.497 e. The molecule has 0 radical (unpaired) electrons. The summed E-state index contributed by atoms with van der Waals surface area (Å²) in [7, 11) is 1.59. The highest BCUT2D eigenvalue weighted by atomic mass is 79.9. The van der Waals surface area contributed by atoms with Crippen LogP contribution in [0.3, 0.4) is 0 Å². The fourth-order valence-electron chi connectivity index (χ4n) is 2.22. The SMILES string of the molecule is CCc1cc(Br)cc(C)c1NC(=O)c1cccc(OC)c1. The Bertz CT molecular complexity index is 668. The molecule has 4 heteroatoms. The van der Waals surface area contributed by atoms with Crippen LogP contribution in [0.4, 0.5) is 5.69 Å². The minimum atomic E-state index is -0.131. The van der Waals surface area contributed by atoms with Crippen molar-refractivity contribution in [3.63, 3.8) is 0 Å². The van der Waals surface area contributed by atoms with E-state index >= 15 is 0 Å². The van der Waals surface area contributed by atoms with E-state index in [0.29, 0.717) is 11.3 Å². The van der Waals surface area contributed by atoms with Gasteiger partial charge in [-0.3, -0.25) is 4.79 Å². The van der Waals surface area contributed by atoms with Crippen molar-refractivity contribution in [3.8, 4) is 5.75 Å². The summed E-state index contributed by atoms with van der Waals surface area (Å²) in [4.78, 5) is 12.4. The normalized spacial score (nSPS) is 10.3. The number of hydrogen-bond acceptors (Lipinski definition) is 2. The van der Waals surface area contributed by atoms with Gasteiger partial charge in [-0.25, -0.2) is 0 Å². The van der Waals surface area contributed by atoms with Crippen LogP contribution in [0, 0.1) is 6.92 Å². The molecule has 0 aliphatic rings. The second-order valence-corrected chi connectivity index (χ2v) is 5.71. The largest absolute Gasteiger partial charge is 0.497 e. The first-order valence-corrected chi connectivity index (χ1v) is 7.59. The summed E-state index contributed by atoms with van der Waals surface area (Å²) in [5.41, 5.74) is 3.61. The number of nitrogens with one attached hydrogen (secondary N) is 1. The molecule has 0 atom stereocenters. The van der Waals surface area contributed by atoms with Crippen molar-refractivity contribution in [3.05, 3.63) is 57.6 Å². The molecule has 2 aromatic carbocycles. The molecule has 2 rings (SSSR count). The summed E-state index contributed by atoms with van der Waals surface area (Å²) in [6.45, 7) is 4.06. The number of hydrogen-bond donors (Lipinski definition) is 1. The number of carbonyl (C=O) groups excluding carboxylic acids is 1. The fraction of sp³-hybridized carbons (Fsp3) is 0.235. The van der Waals surface area contributed by atoms with E-state index in [2.05, 4.69) is 28.2 Å². The number of halogens is 1. The van der Waals surface area contributed by atoms with Gasteiger partial charge in [0.1, 0.15) is 5.75 Å². The molecule has 0 aromatic heterocycles. The van der Waals surface area contributed by atoms with Crippen LogP contribution in [0.25, 0.3) is 0 Å². The third kappa shape index (κ3) is 3.64. The Morgan fingerprint density at radius 2 is 2.05 bits per heavy atom. The lowest BCUT2D eigenvalue weighted by Crippen LogP contribution is -2.14. The van der Waals surface area contributed by atoms with E-state index in [0.717, 1.165) is 27.7 Å². The van der Waals surface area contributed by atoms with Crippen LogP contribution in [-0.2, 0) is 6.42 Å². The second-order valence-electron chi connectivity index (χ2n) is 4.80. The third-order valence-corrected chi connectivity index (χ3v) is 3.79. The standard InChI is InChI=1S/C17H18BrNO2/c1-4-12-9-14(18)8-11(2)16(12)19-17(20)13-6-5-7-15(10-13)21-3/h5-10H,4H2,1-3H3,(H,19,20). The zero-order valence-electron chi connectivity index (χ0n) is 12.4. The van der Waals surface area contributed by atoms with Crippen molar-refractivity contribution in [2.45, 2.75) is 20.3 Å². The van der Waals surface area contributed by atoms with Gasteiger partial charge >= 0.3 is 0 Å². The Labute approximate surface area is 133 Å². The Hall–Kier alpha value is -1.81. The highest BCUT2D eigenvalue weighted by molar-refractivity contribution is 9.10. The molecular formula is C17H18BrNO2. The van der Waals surface area contributed by atoms with E-state index < -0.39 is 0 Å². The number of rotatable bonds is 4. The first-order chi connectivity index (χ1) is 10.0. The van der Waals surface area contributed by atoms with Crippen LogP contribution in [0.5, 0.6) is 5.75 Å². The maximum Gasteiger partial charge on any atom is 0.255 e. The molecule has 0 bridgehead atoms. The molecule has 21 heavy (non-hydrogen) atoms. The lowest BCUT2D eigenvalue weighted by molar-refractivity contribution is 0.102. The van der Waals surface area contributed by atoms with Gasteiger partial charge < -0.3 is 10.1 Å². The molecule has 2 aromatic rings. The van der Waals surface area contributed by atoms with E-state index in [9.17, 15) is 4.79 Å². The highest BCUT2D eigenvalue weighted by Gasteiger charge is 2.12. The van der Waals surface area contributed by atoms with Crippen molar-refractivity contribution in [2.75, 3.05) is 12.4 Å². The van der Waals surface area contributed by atoms with Gasteiger partial charge in [-0.1, -0.05) is 28.9 Å². The summed E-state index contributed by atoms with van der Waals surface area (Å²) >= 11 is 3.49. The van der Waals surface area contributed by atoms with Gasteiger partial charge in [0.15, 0.2) is 0 Å². The third-order valence-electron chi connectivity index (χ3n) is 3.33. The quantitative estimate of drug-likeness (QED) is 0.878. The molecule has 1 N–H and O–H groups in total. The summed E-state index contributed by atoms with van der Waals surface area (Å²) in [5, 5.41) is 3.01. The lowest BCUT2D eigenvalue weighted by atomic mass is 10.1. The first kappa shape index (κ1) is 15.6. The Kier molecular flexibility index (Phi) is 5.02. The molecule has 0 saturated heterocycles. The molecule has 0 aliphatic carbocycles. The maximum absolute atomic E-state index is 12.4. The number of anilines is 1. The highest BCUT2D eigenvalue weighted by Crippen LogP contribution is 2.27. The van der Waals surface area contributed by atoms with Crippen LogP contribution in [0.1, 0.15) is 28.4 Å². The van der Waals surface area contributed by atoms with E-state index in [-0.39, 0.29) is 5.91 Å². The number of ether oxygens (including phenoxy) is 1. The summed E-state index contributed by atoms with van der Waals surface area (Å²) in [6.07, 6.45) is 0.855. The van der Waals surface area contributed by atoms with Crippen LogP contribution >= 0.6 is 15.9 Å². The van der Waals surface area contributed by atoms with E-state index in [4.69, 9.17) is 4.74 Å². The maximum atomic E-state index is 12.4. The number of methoxy groups -OCH3 is 1. The van der Waals surface area contributed by atoms with Gasteiger partial charge in [0.2, 0.25) is 0 Å². The Balaban J connectivity index is 2.31. The summed E-state index contributed by atoms with van der Waals surface area (Å²) in [6, 6.07) is 11.2. The van der Waals surface area contributed by atoms with Gasteiger partial charge in [-0.15, -0.1) is 0 Å². The van der Waals surface area contributed by atoms with Gasteiger partial charge in [0.05, 0.1) is 7.11 Å². The summed E-state index contributed by atoms with van der Waals surface area (Å²) in [5.74, 6) is 0.542. The van der Waals surface area contributed by atoms with Crippen molar-refractivity contribution in [2.24, 2.45) is 0 Å². The molecule has 0 aliphatic heterocycles. The Morgan fingerprint density at radius 3 is 2.71 bits per heavy atom.